The predicted octanol–water partition coefficient (Wildman–Crippen LogP) is 2.35. The Morgan fingerprint density at radius 2 is 1.92 bits per heavy atom. The van der Waals surface area contributed by atoms with Gasteiger partial charge in [-0.2, -0.15) is 0 Å². The molecule has 1 aromatic rings. The van der Waals surface area contributed by atoms with E-state index in [-0.39, 0.29) is 29.4 Å². The summed E-state index contributed by atoms with van der Waals surface area (Å²) >= 11 is 0. The topological polar surface area (TPSA) is 62.9 Å². The quantitative estimate of drug-likeness (QED) is 0.285. The largest absolute Gasteiger partial charge is 0.379 e. The molecule has 0 bridgehead atoms. The number of halogens is 1. The molecule has 0 aromatic heterocycles. The van der Waals surface area contributed by atoms with Crippen LogP contribution >= 0.6 is 24.0 Å². The molecule has 25 heavy (non-hydrogen) atoms. The van der Waals surface area contributed by atoms with Crippen LogP contribution in [-0.2, 0) is 10.2 Å². The predicted molar refractivity (Wildman–Crippen MR) is 114 cm³/mol. The van der Waals surface area contributed by atoms with Gasteiger partial charge in [-0.25, -0.2) is 0 Å². The Labute approximate surface area is 168 Å². The molecule has 0 spiro atoms. The third-order valence-corrected chi connectivity index (χ3v) is 5.31. The smallest absolute Gasteiger partial charge is 0.188 e. The molecule has 3 N–H and O–H groups in total. The number of nitrogens with zero attached hydrogens (tertiary/aromatic N) is 2. The number of hydrogen-bond donors (Lipinski definition) is 2. The summed E-state index contributed by atoms with van der Waals surface area (Å²) in [4.78, 5) is 7.07. The van der Waals surface area contributed by atoms with E-state index in [1.807, 2.05) is 0 Å². The van der Waals surface area contributed by atoms with Gasteiger partial charge in [0.05, 0.1) is 19.8 Å². The molecule has 2 fully saturated rings. The third kappa shape index (κ3) is 5.82. The molecule has 2 aliphatic rings. The van der Waals surface area contributed by atoms with Gasteiger partial charge in [-0.05, 0) is 31.4 Å². The maximum Gasteiger partial charge on any atom is 0.188 e. The highest BCUT2D eigenvalue weighted by molar-refractivity contribution is 14.0. The van der Waals surface area contributed by atoms with Gasteiger partial charge < -0.3 is 15.8 Å². The summed E-state index contributed by atoms with van der Waals surface area (Å²) < 4.78 is 5.36. The van der Waals surface area contributed by atoms with Gasteiger partial charge in [0.2, 0.25) is 0 Å². The molecule has 5 nitrogen and oxygen atoms in total. The summed E-state index contributed by atoms with van der Waals surface area (Å²) in [5, 5.41) is 3.26. The molecule has 0 unspecified atom stereocenters. The van der Waals surface area contributed by atoms with Gasteiger partial charge in [-0.15, -0.1) is 24.0 Å². The fourth-order valence-electron chi connectivity index (χ4n) is 3.57. The van der Waals surface area contributed by atoms with Crippen LogP contribution in [0.2, 0.25) is 0 Å². The molecular weight excluding hydrogens is 427 g/mol. The number of nitrogens with one attached hydrogen (secondary N) is 1. The second-order valence-corrected chi connectivity index (χ2v) is 6.94. The van der Waals surface area contributed by atoms with Crippen molar-refractivity contribution in [2.24, 2.45) is 10.7 Å². The van der Waals surface area contributed by atoms with Gasteiger partial charge in [-0.1, -0.05) is 36.8 Å². The van der Waals surface area contributed by atoms with Gasteiger partial charge in [0, 0.05) is 25.0 Å². The van der Waals surface area contributed by atoms with Crippen LogP contribution in [0.5, 0.6) is 0 Å². The van der Waals surface area contributed by atoms with Crippen LogP contribution in [0.4, 0.5) is 0 Å². The van der Waals surface area contributed by atoms with E-state index in [9.17, 15) is 0 Å². The standard InChI is InChI=1S/C19H30N4O.HI/c20-18(21-10-5-11-23-12-14-24-15-13-23)22-16-19(8-4-9-19)17-6-2-1-3-7-17;/h1-3,6-7H,4-5,8-16H2,(H3,20,21,22);1H. The molecule has 0 radical (unpaired) electrons. The molecule has 140 valence electrons. The van der Waals surface area contributed by atoms with Crippen LogP contribution in [0.15, 0.2) is 35.3 Å². The second-order valence-electron chi connectivity index (χ2n) is 6.94. The van der Waals surface area contributed by atoms with Crippen molar-refractivity contribution in [3.63, 3.8) is 0 Å². The van der Waals surface area contributed by atoms with Crippen molar-refractivity contribution >= 4 is 29.9 Å². The molecule has 1 aliphatic heterocycles. The van der Waals surface area contributed by atoms with E-state index in [0.29, 0.717) is 5.96 Å². The lowest BCUT2D eigenvalue weighted by Gasteiger charge is -2.41. The first-order valence-electron chi connectivity index (χ1n) is 9.18. The number of nitrogens with two attached hydrogens (primary N) is 1. The molecular formula is C19H31IN4O. The Bertz CT molecular complexity index is 527. The molecule has 1 heterocycles. The minimum atomic E-state index is 0. The lowest BCUT2D eigenvalue weighted by Crippen LogP contribution is -2.41. The van der Waals surface area contributed by atoms with Crippen molar-refractivity contribution < 1.29 is 4.74 Å². The van der Waals surface area contributed by atoms with Crippen molar-refractivity contribution in [2.75, 3.05) is 45.9 Å². The number of rotatable bonds is 7. The Morgan fingerprint density at radius 3 is 2.56 bits per heavy atom. The van der Waals surface area contributed by atoms with Crippen LogP contribution in [-0.4, -0.2) is 56.8 Å². The van der Waals surface area contributed by atoms with E-state index in [4.69, 9.17) is 10.5 Å². The van der Waals surface area contributed by atoms with E-state index in [1.165, 1.54) is 24.8 Å². The molecule has 3 rings (SSSR count). The second kappa shape index (κ2) is 10.3. The average molecular weight is 458 g/mol. The molecule has 1 aromatic carbocycles. The Hall–Kier alpha value is -0.860. The Balaban J connectivity index is 0.00000225. The monoisotopic (exact) mass is 458 g/mol. The van der Waals surface area contributed by atoms with Crippen LogP contribution in [0.3, 0.4) is 0 Å². The normalized spacial score (nSPS) is 20.4. The summed E-state index contributed by atoms with van der Waals surface area (Å²) in [5.41, 5.74) is 7.67. The molecule has 6 heteroatoms. The number of aliphatic imine (C=N–C) groups is 1. The molecule has 1 saturated heterocycles. The molecule has 0 atom stereocenters. The number of benzene rings is 1. The van der Waals surface area contributed by atoms with Crippen LogP contribution in [0.25, 0.3) is 0 Å². The first-order valence-corrected chi connectivity index (χ1v) is 9.18. The maximum absolute atomic E-state index is 6.06. The highest BCUT2D eigenvalue weighted by Gasteiger charge is 2.38. The number of hydrogen-bond acceptors (Lipinski definition) is 3. The van der Waals surface area contributed by atoms with E-state index in [1.54, 1.807) is 0 Å². The highest BCUT2D eigenvalue weighted by Crippen LogP contribution is 2.43. The zero-order chi connectivity index (χ0) is 16.7. The number of morpholine rings is 1. The van der Waals surface area contributed by atoms with Crippen molar-refractivity contribution in [1.29, 1.82) is 0 Å². The molecule has 1 aliphatic carbocycles. The van der Waals surface area contributed by atoms with E-state index in [0.717, 1.165) is 52.4 Å². The van der Waals surface area contributed by atoms with Crippen molar-refractivity contribution in [3.05, 3.63) is 35.9 Å². The minimum absolute atomic E-state index is 0. The lowest BCUT2D eigenvalue weighted by atomic mass is 9.64. The molecule has 1 saturated carbocycles. The molecule has 0 amide bonds. The summed E-state index contributed by atoms with van der Waals surface area (Å²) in [6.07, 6.45) is 4.80. The van der Waals surface area contributed by atoms with E-state index >= 15 is 0 Å². The van der Waals surface area contributed by atoms with Crippen molar-refractivity contribution in [2.45, 2.75) is 31.1 Å². The zero-order valence-electron chi connectivity index (χ0n) is 15.0. The summed E-state index contributed by atoms with van der Waals surface area (Å²) in [6.45, 7) is 6.57. The Morgan fingerprint density at radius 1 is 1.20 bits per heavy atom. The zero-order valence-corrected chi connectivity index (χ0v) is 17.3. The van der Waals surface area contributed by atoms with Crippen LogP contribution in [0.1, 0.15) is 31.2 Å². The highest BCUT2D eigenvalue weighted by atomic mass is 127. The SMILES string of the molecule is I.NC(=NCC1(c2ccccc2)CCC1)NCCCN1CCOCC1. The first-order chi connectivity index (χ1) is 11.8. The van der Waals surface area contributed by atoms with E-state index < -0.39 is 0 Å². The van der Waals surface area contributed by atoms with Crippen LogP contribution < -0.4 is 11.1 Å². The summed E-state index contributed by atoms with van der Waals surface area (Å²) in [7, 11) is 0. The van der Waals surface area contributed by atoms with Gasteiger partial charge in [0.1, 0.15) is 0 Å². The number of ether oxygens (including phenoxy) is 1. The fraction of sp³-hybridized carbons (Fsp3) is 0.632. The average Bonchev–Trinajstić information content (AvgIpc) is 2.60. The van der Waals surface area contributed by atoms with Gasteiger partial charge in [0.25, 0.3) is 0 Å². The minimum Gasteiger partial charge on any atom is -0.379 e. The Kier molecular flexibility index (Phi) is 8.45. The summed E-state index contributed by atoms with van der Waals surface area (Å²) in [5.74, 6) is 0.583. The lowest BCUT2D eigenvalue weighted by molar-refractivity contribution is 0.0376. The van der Waals surface area contributed by atoms with Gasteiger partial charge >= 0.3 is 0 Å². The van der Waals surface area contributed by atoms with Crippen LogP contribution in [0, 0.1) is 0 Å². The fourth-order valence-corrected chi connectivity index (χ4v) is 3.57. The third-order valence-electron chi connectivity index (χ3n) is 5.31. The maximum atomic E-state index is 6.06. The van der Waals surface area contributed by atoms with Crippen molar-refractivity contribution in [1.82, 2.24) is 10.2 Å². The van der Waals surface area contributed by atoms with Gasteiger partial charge in [-0.3, -0.25) is 9.89 Å². The van der Waals surface area contributed by atoms with E-state index in [2.05, 4.69) is 45.5 Å². The number of guanidine groups is 1. The summed E-state index contributed by atoms with van der Waals surface area (Å²) in [6, 6.07) is 10.8. The van der Waals surface area contributed by atoms with Gasteiger partial charge in [0.15, 0.2) is 5.96 Å². The van der Waals surface area contributed by atoms with Crippen molar-refractivity contribution in [3.8, 4) is 0 Å². The first kappa shape index (κ1) is 20.5.